The van der Waals surface area contributed by atoms with E-state index in [0.29, 0.717) is 0 Å². The fraction of sp³-hybridized carbons (Fsp3) is 0.333. The van der Waals surface area contributed by atoms with Crippen LogP contribution in [0.1, 0.15) is 30.1 Å². The van der Waals surface area contributed by atoms with Gasteiger partial charge in [-0.2, -0.15) is 12.8 Å². The van der Waals surface area contributed by atoms with Crippen molar-refractivity contribution in [1.29, 1.82) is 0 Å². The van der Waals surface area contributed by atoms with Gasteiger partial charge < -0.3 is 14.2 Å². The SMILES string of the molecule is Cc1ccc(S(=O)(=O)O[C@@H]2C[C@H](n3cc(F)c(=O)[nH]c3=O)O[C@@H]3COC(c4ccccc4)O[C@H]32)cc1. The van der Waals surface area contributed by atoms with Gasteiger partial charge in [-0.3, -0.25) is 18.5 Å². The summed E-state index contributed by atoms with van der Waals surface area (Å²) in [7, 11) is -4.24. The van der Waals surface area contributed by atoms with Crippen molar-refractivity contribution in [2.75, 3.05) is 6.61 Å². The van der Waals surface area contributed by atoms with E-state index in [2.05, 4.69) is 0 Å². The van der Waals surface area contributed by atoms with E-state index in [0.717, 1.165) is 21.9 Å². The highest BCUT2D eigenvalue weighted by Gasteiger charge is 2.47. The first-order chi connectivity index (χ1) is 17.2. The van der Waals surface area contributed by atoms with Gasteiger partial charge in [0.15, 0.2) is 6.29 Å². The number of fused-ring (bicyclic) bond motifs is 1. The van der Waals surface area contributed by atoms with E-state index in [1.54, 1.807) is 24.3 Å². The Morgan fingerprint density at radius 1 is 1.06 bits per heavy atom. The first-order valence-electron chi connectivity index (χ1n) is 11.2. The van der Waals surface area contributed by atoms with E-state index in [-0.39, 0.29) is 17.9 Å². The molecule has 3 aromatic rings. The third kappa shape index (κ3) is 4.90. The predicted molar refractivity (Wildman–Crippen MR) is 123 cm³/mol. The lowest BCUT2D eigenvalue weighted by Crippen LogP contribution is -2.56. The van der Waals surface area contributed by atoms with Gasteiger partial charge in [0.1, 0.15) is 24.5 Å². The lowest BCUT2D eigenvalue weighted by molar-refractivity contribution is -0.315. The topological polar surface area (TPSA) is 126 Å². The smallest absolute Gasteiger partial charge is 0.330 e. The maximum Gasteiger partial charge on any atom is 0.330 e. The molecule has 2 saturated heterocycles. The molecule has 0 spiro atoms. The number of benzene rings is 2. The molecule has 5 rings (SSSR count). The Morgan fingerprint density at radius 2 is 1.78 bits per heavy atom. The fourth-order valence-corrected chi connectivity index (χ4v) is 5.33. The Bertz CT molecular complexity index is 1460. The number of ether oxygens (including phenoxy) is 3. The third-order valence-electron chi connectivity index (χ3n) is 6.06. The molecule has 1 N–H and O–H groups in total. The van der Waals surface area contributed by atoms with Crippen LogP contribution in [0.2, 0.25) is 0 Å². The maximum absolute atomic E-state index is 14.0. The summed E-state index contributed by atoms with van der Waals surface area (Å²) in [5.41, 5.74) is -0.491. The first-order valence-corrected chi connectivity index (χ1v) is 12.6. The lowest BCUT2D eigenvalue weighted by atomic mass is 9.99. The van der Waals surface area contributed by atoms with E-state index < -0.39 is 58.0 Å². The molecule has 0 radical (unpaired) electrons. The van der Waals surface area contributed by atoms with Crippen LogP contribution in [0, 0.1) is 12.7 Å². The molecule has 36 heavy (non-hydrogen) atoms. The normalized spacial score (nSPS) is 26.3. The predicted octanol–water partition coefficient (Wildman–Crippen LogP) is 2.16. The zero-order valence-electron chi connectivity index (χ0n) is 19.1. The van der Waals surface area contributed by atoms with Gasteiger partial charge in [-0.1, -0.05) is 48.0 Å². The Kier molecular flexibility index (Phi) is 6.62. The van der Waals surface area contributed by atoms with Gasteiger partial charge in [0.25, 0.3) is 15.7 Å². The summed E-state index contributed by atoms with van der Waals surface area (Å²) >= 11 is 0. The second-order valence-electron chi connectivity index (χ2n) is 8.59. The summed E-state index contributed by atoms with van der Waals surface area (Å²) in [5.74, 6) is -1.19. The van der Waals surface area contributed by atoms with E-state index in [1.165, 1.54) is 12.1 Å². The van der Waals surface area contributed by atoms with Gasteiger partial charge in [-0.25, -0.2) is 4.79 Å². The molecule has 2 aromatic carbocycles. The number of aryl methyl sites for hydroxylation is 1. The van der Waals surface area contributed by atoms with Crippen molar-refractivity contribution < 1.29 is 31.2 Å². The lowest BCUT2D eigenvalue weighted by Gasteiger charge is -2.45. The van der Waals surface area contributed by atoms with Crippen LogP contribution < -0.4 is 11.2 Å². The van der Waals surface area contributed by atoms with Crippen molar-refractivity contribution >= 4 is 10.1 Å². The standard InChI is InChI=1S/C24H23FN2O8S/c1-14-7-9-16(10-8-14)36(30,31)35-18-11-20(27-12-17(25)22(28)26-24(27)29)33-19-13-32-23(34-21(18)19)15-5-3-2-4-6-15/h2-10,12,18-21,23H,11,13H2,1H3,(H,26,28,29)/t18-,19-,20-,21+,23?/m1/s1. The number of hydrogen-bond donors (Lipinski definition) is 1. The zero-order valence-corrected chi connectivity index (χ0v) is 19.9. The Morgan fingerprint density at radius 3 is 2.50 bits per heavy atom. The number of nitrogens with one attached hydrogen (secondary N) is 1. The molecule has 0 bridgehead atoms. The van der Waals surface area contributed by atoms with Crippen LogP contribution in [0.4, 0.5) is 4.39 Å². The summed E-state index contributed by atoms with van der Waals surface area (Å²) in [6.07, 6.45) is -4.25. The van der Waals surface area contributed by atoms with Crippen LogP contribution in [0.25, 0.3) is 0 Å². The molecule has 0 aliphatic carbocycles. The number of aromatic amines is 1. The van der Waals surface area contributed by atoms with Crippen LogP contribution >= 0.6 is 0 Å². The van der Waals surface area contributed by atoms with Gasteiger partial charge in [0.05, 0.1) is 17.7 Å². The average Bonchev–Trinajstić information content (AvgIpc) is 2.86. The molecule has 2 fully saturated rings. The summed E-state index contributed by atoms with van der Waals surface area (Å²) < 4.78 is 64.5. The van der Waals surface area contributed by atoms with Crippen molar-refractivity contribution in [3.05, 3.63) is 98.6 Å². The maximum atomic E-state index is 14.0. The minimum absolute atomic E-state index is 0.00818. The highest BCUT2D eigenvalue weighted by atomic mass is 32.2. The number of H-pyrrole nitrogens is 1. The summed E-state index contributed by atoms with van der Waals surface area (Å²) in [6.45, 7) is 1.82. The molecule has 3 heterocycles. The number of aromatic nitrogens is 2. The number of nitrogens with zero attached hydrogens (tertiary/aromatic N) is 1. The monoisotopic (exact) mass is 518 g/mol. The molecule has 1 aromatic heterocycles. The molecule has 2 aliphatic rings. The minimum Gasteiger partial charge on any atom is -0.349 e. The third-order valence-corrected chi connectivity index (χ3v) is 7.41. The van der Waals surface area contributed by atoms with Crippen molar-refractivity contribution in [3.63, 3.8) is 0 Å². The number of hydrogen-bond acceptors (Lipinski definition) is 8. The van der Waals surface area contributed by atoms with Gasteiger partial charge in [0, 0.05) is 12.0 Å². The zero-order chi connectivity index (χ0) is 25.4. The average molecular weight is 519 g/mol. The second-order valence-corrected chi connectivity index (χ2v) is 10.2. The quantitative estimate of drug-likeness (QED) is 0.510. The molecule has 190 valence electrons. The highest BCUT2D eigenvalue weighted by molar-refractivity contribution is 7.86. The molecule has 5 atom stereocenters. The van der Waals surface area contributed by atoms with Crippen LogP contribution in [0.5, 0.6) is 0 Å². The van der Waals surface area contributed by atoms with E-state index >= 15 is 0 Å². The molecule has 1 unspecified atom stereocenters. The Balaban J connectivity index is 1.48. The van der Waals surface area contributed by atoms with Gasteiger partial charge >= 0.3 is 5.69 Å². The van der Waals surface area contributed by atoms with E-state index in [1.807, 2.05) is 30.1 Å². The van der Waals surface area contributed by atoms with Gasteiger partial charge in [-0.05, 0) is 19.1 Å². The van der Waals surface area contributed by atoms with Crippen LogP contribution in [-0.4, -0.2) is 42.9 Å². The Hall–Kier alpha value is -3.16. The van der Waals surface area contributed by atoms with E-state index in [4.69, 9.17) is 18.4 Å². The number of rotatable bonds is 5. The molecular formula is C24H23FN2O8S. The Labute approximate surface area is 205 Å². The molecule has 2 aliphatic heterocycles. The highest BCUT2D eigenvalue weighted by Crippen LogP contribution is 2.38. The summed E-state index contributed by atoms with van der Waals surface area (Å²) in [5, 5.41) is 0. The molecular weight excluding hydrogens is 495 g/mol. The molecule has 0 saturated carbocycles. The van der Waals surface area contributed by atoms with Crippen molar-refractivity contribution in [2.45, 2.75) is 49.1 Å². The summed E-state index contributed by atoms with van der Waals surface area (Å²) in [4.78, 5) is 25.7. The first kappa shape index (κ1) is 24.5. The number of halogens is 1. The minimum atomic E-state index is -4.24. The van der Waals surface area contributed by atoms with Crippen LogP contribution in [0.3, 0.4) is 0 Å². The molecule has 0 amide bonds. The van der Waals surface area contributed by atoms with Crippen LogP contribution in [-0.2, 0) is 28.5 Å². The van der Waals surface area contributed by atoms with Gasteiger partial charge in [-0.15, -0.1) is 0 Å². The summed E-state index contributed by atoms with van der Waals surface area (Å²) in [6, 6.07) is 15.2. The van der Waals surface area contributed by atoms with Crippen molar-refractivity contribution in [3.8, 4) is 0 Å². The van der Waals surface area contributed by atoms with Crippen molar-refractivity contribution in [2.24, 2.45) is 0 Å². The van der Waals surface area contributed by atoms with Crippen molar-refractivity contribution in [1.82, 2.24) is 9.55 Å². The molecule has 12 heteroatoms. The van der Waals surface area contributed by atoms with Gasteiger partial charge in [0.2, 0.25) is 5.82 Å². The second kappa shape index (κ2) is 9.71. The van der Waals surface area contributed by atoms with Crippen LogP contribution in [0.15, 0.2) is 75.3 Å². The molecule has 10 nitrogen and oxygen atoms in total. The largest absolute Gasteiger partial charge is 0.349 e. The fourth-order valence-electron chi connectivity index (χ4n) is 4.24. The van der Waals surface area contributed by atoms with E-state index in [9.17, 15) is 22.4 Å².